The highest BCUT2D eigenvalue weighted by Crippen LogP contribution is 2.29. The van der Waals surface area contributed by atoms with Gasteiger partial charge in [0.25, 0.3) is 0 Å². The van der Waals surface area contributed by atoms with E-state index in [9.17, 15) is 5.11 Å². The number of aliphatic hydroxyl groups excluding tert-OH is 1. The first kappa shape index (κ1) is 10.4. The van der Waals surface area contributed by atoms with Gasteiger partial charge in [-0.2, -0.15) is 0 Å². The molecule has 2 saturated carbocycles. The molecular formula is C12H23NO. The lowest BCUT2D eigenvalue weighted by Gasteiger charge is -2.15. The predicted octanol–water partition coefficient (Wildman–Crippen LogP) is 1.93. The average Bonchev–Trinajstić information content (AvgIpc) is 2.83. The summed E-state index contributed by atoms with van der Waals surface area (Å²) in [5, 5.41) is 13.2. The molecule has 1 unspecified atom stereocenters. The minimum Gasteiger partial charge on any atom is -0.392 e. The molecular weight excluding hydrogens is 174 g/mol. The van der Waals surface area contributed by atoms with Crippen molar-refractivity contribution in [1.82, 2.24) is 5.32 Å². The summed E-state index contributed by atoms with van der Waals surface area (Å²) in [7, 11) is 0. The smallest absolute Gasteiger partial charge is 0.0667 e. The van der Waals surface area contributed by atoms with Crippen molar-refractivity contribution in [1.29, 1.82) is 0 Å². The Morgan fingerprint density at radius 2 is 1.79 bits per heavy atom. The summed E-state index contributed by atoms with van der Waals surface area (Å²) in [6.45, 7) is 1.94. The maximum atomic E-state index is 9.78. The van der Waals surface area contributed by atoms with Crippen molar-refractivity contribution in [3.63, 3.8) is 0 Å². The molecule has 0 aromatic carbocycles. The van der Waals surface area contributed by atoms with Crippen molar-refractivity contribution in [2.24, 2.45) is 11.8 Å². The third-order valence-corrected chi connectivity index (χ3v) is 3.59. The standard InChI is InChI=1S/C12H23NO/c14-12(7-10-3-1-2-4-10)9-13-8-11-5-6-11/h10-14H,1-9H2. The zero-order valence-electron chi connectivity index (χ0n) is 9.04. The SMILES string of the molecule is OC(CNCC1CC1)CC1CCCC1. The van der Waals surface area contributed by atoms with Gasteiger partial charge in [-0.25, -0.2) is 0 Å². The second-order valence-electron chi connectivity index (χ2n) is 5.14. The first-order valence-electron chi connectivity index (χ1n) is 6.23. The van der Waals surface area contributed by atoms with Gasteiger partial charge >= 0.3 is 0 Å². The Morgan fingerprint density at radius 3 is 2.43 bits per heavy atom. The van der Waals surface area contributed by atoms with Crippen LogP contribution in [0.15, 0.2) is 0 Å². The molecule has 2 aliphatic rings. The Balaban J connectivity index is 1.50. The number of hydrogen-bond donors (Lipinski definition) is 2. The fraction of sp³-hybridized carbons (Fsp3) is 1.00. The van der Waals surface area contributed by atoms with Gasteiger partial charge in [-0.05, 0) is 37.6 Å². The largest absolute Gasteiger partial charge is 0.392 e. The van der Waals surface area contributed by atoms with Gasteiger partial charge in [0.1, 0.15) is 0 Å². The van der Waals surface area contributed by atoms with E-state index < -0.39 is 0 Å². The molecule has 82 valence electrons. The highest BCUT2D eigenvalue weighted by atomic mass is 16.3. The molecule has 0 aromatic heterocycles. The fourth-order valence-corrected chi connectivity index (χ4v) is 2.49. The molecule has 0 spiro atoms. The van der Waals surface area contributed by atoms with Crippen LogP contribution in [0.5, 0.6) is 0 Å². The normalized spacial score (nSPS) is 25.5. The first-order chi connectivity index (χ1) is 6.84. The molecule has 2 heteroatoms. The van der Waals surface area contributed by atoms with Crippen LogP contribution in [0.4, 0.5) is 0 Å². The quantitative estimate of drug-likeness (QED) is 0.682. The summed E-state index contributed by atoms with van der Waals surface area (Å²) in [5.41, 5.74) is 0. The van der Waals surface area contributed by atoms with Crippen LogP contribution in [-0.2, 0) is 0 Å². The number of nitrogens with one attached hydrogen (secondary N) is 1. The van der Waals surface area contributed by atoms with E-state index in [1.165, 1.54) is 38.5 Å². The molecule has 2 aliphatic carbocycles. The molecule has 0 bridgehead atoms. The zero-order valence-corrected chi connectivity index (χ0v) is 9.04. The van der Waals surface area contributed by atoms with E-state index in [2.05, 4.69) is 5.32 Å². The van der Waals surface area contributed by atoms with Crippen LogP contribution in [0.25, 0.3) is 0 Å². The van der Waals surface area contributed by atoms with Gasteiger partial charge in [0.15, 0.2) is 0 Å². The zero-order chi connectivity index (χ0) is 9.80. The maximum absolute atomic E-state index is 9.78. The average molecular weight is 197 g/mol. The molecule has 0 aliphatic heterocycles. The highest BCUT2D eigenvalue weighted by molar-refractivity contribution is 4.77. The van der Waals surface area contributed by atoms with E-state index >= 15 is 0 Å². The van der Waals surface area contributed by atoms with E-state index in [0.717, 1.165) is 31.3 Å². The molecule has 0 aromatic rings. The van der Waals surface area contributed by atoms with E-state index in [1.54, 1.807) is 0 Å². The molecule has 0 amide bonds. The van der Waals surface area contributed by atoms with Crippen LogP contribution in [0.1, 0.15) is 44.9 Å². The molecule has 2 nitrogen and oxygen atoms in total. The summed E-state index contributed by atoms with van der Waals surface area (Å²) in [4.78, 5) is 0. The van der Waals surface area contributed by atoms with Gasteiger partial charge in [0.05, 0.1) is 6.10 Å². The van der Waals surface area contributed by atoms with Crippen LogP contribution in [0, 0.1) is 11.8 Å². The number of hydrogen-bond acceptors (Lipinski definition) is 2. The van der Waals surface area contributed by atoms with Crippen molar-refractivity contribution in [3.05, 3.63) is 0 Å². The molecule has 14 heavy (non-hydrogen) atoms. The lowest BCUT2D eigenvalue weighted by Crippen LogP contribution is -2.29. The summed E-state index contributed by atoms with van der Waals surface area (Å²) in [6, 6.07) is 0. The van der Waals surface area contributed by atoms with Gasteiger partial charge in [0, 0.05) is 6.54 Å². The molecule has 2 fully saturated rings. The van der Waals surface area contributed by atoms with Crippen LogP contribution in [-0.4, -0.2) is 24.3 Å². The summed E-state index contributed by atoms with van der Waals surface area (Å²) < 4.78 is 0. The van der Waals surface area contributed by atoms with Crippen molar-refractivity contribution >= 4 is 0 Å². The maximum Gasteiger partial charge on any atom is 0.0667 e. The van der Waals surface area contributed by atoms with Crippen LogP contribution in [0.3, 0.4) is 0 Å². The minimum atomic E-state index is -0.100. The van der Waals surface area contributed by atoms with Gasteiger partial charge in [0.2, 0.25) is 0 Å². The second-order valence-corrected chi connectivity index (χ2v) is 5.14. The van der Waals surface area contributed by atoms with Crippen LogP contribution < -0.4 is 5.32 Å². The Bertz CT molecular complexity index is 162. The van der Waals surface area contributed by atoms with Crippen LogP contribution >= 0.6 is 0 Å². The van der Waals surface area contributed by atoms with Gasteiger partial charge < -0.3 is 10.4 Å². The van der Waals surface area contributed by atoms with E-state index in [-0.39, 0.29) is 6.10 Å². The lowest BCUT2D eigenvalue weighted by molar-refractivity contribution is 0.140. The van der Waals surface area contributed by atoms with E-state index in [1.807, 2.05) is 0 Å². The molecule has 0 heterocycles. The molecule has 2 rings (SSSR count). The molecule has 0 saturated heterocycles. The van der Waals surface area contributed by atoms with Gasteiger partial charge in [-0.1, -0.05) is 25.7 Å². The number of aliphatic hydroxyl groups is 1. The topological polar surface area (TPSA) is 32.3 Å². The van der Waals surface area contributed by atoms with Crippen molar-refractivity contribution < 1.29 is 5.11 Å². The molecule has 1 atom stereocenters. The highest BCUT2D eigenvalue weighted by Gasteiger charge is 2.22. The summed E-state index contributed by atoms with van der Waals surface area (Å²) >= 11 is 0. The van der Waals surface area contributed by atoms with Crippen LogP contribution in [0.2, 0.25) is 0 Å². The van der Waals surface area contributed by atoms with Crippen molar-refractivity contribution in [3.8, 4) is 0 Å². The monoisotopic (exact) mass is 197 g/mol. The fourth-order valence-electron chi connectivity index (χ4n) is 2.49. The summed E-state index contributed by atoms with van der Waals surface area (Å²) in [6.07, 6.45) is 9.17. The van der Waals surface area contributed by atoms with E-state index in [0.29, 0.717) is 0 Å². The number of rotatable bonds is 6. The van der Waals surface area contributed by atoms with Crippen molar-refractivity contribution in [2.45, 2.75) is 51.0 Å². The Labute approximate surface area is 87.1 Å². The molecule has 0 radical (unpaired) electrons. The Hall–Kier alpha value is -0.0800. The second kappa shape index (κ2) is 5.13. The minimum absolute atomic E-state index is 0.100. The van der Waals surface area contributed by atoms with E-state index in [4.69, 9.17) is 0 Å². The Kier molecular flexibility index (Phi) is 3.82. The molecule has 2 N–H and O–H groups in total. The summed E-state index contributed by atoms with van der Waals surface area (Å²) in [5.74, 6) is 1.74. The third kappa shape index (κ3) is 3.58. The first-order valence-corrected chi connectivity index (χ1v) is 6.23. The third-order valence-electron chi connectivity index (χ3n) is 3.59. The Morgan fingerprint density at radius 1 is 1.07 bits per heavy atom. The predicted molar refractivity (Wildman–Crippen MR) is 58.2 cm³/mol. The van der Waals surface area contributed by atoms with Gasteiger partial charge in [-0.3, -0.25) is 0 Å². The van der Waals surface area contributed by atoms with Crippen molar-refractivity contribution in [2.75, 3.05) is 13.1 Å². The lowest BCUT2D eigenvalue weighted by atomic mass is 10.0. The van der Waals surface area contributed by atoms with Gasteiger partial charge in [-0.15, -0.1) is 0 Å².